The van der Waals surface area contributed by atoms with E-state index in [0.717, 1.165) is 34.4 Å². The van der Waals surface area contributed by atoms with E-state index in [1.165, 1.54) is 12.8 Å². The van der Waals surface area contributed by atoms with Gasteiger partial charge < -0.3 is 15.8 Å². The highest BCUT2D eigenvalue weighted by atomic mass is 32.2. The van der Waals surface area contributed by atoms with Crippen molar-refractivity contribution in [2.24, 2.45) is 16.8 Å². The zero-order valence-corrected chi connectivity index (χ0v) is 12.3. The lowest BCUT2D eigenvalue weighted by molar-refractivity contribution is 0.318. The number of rotatable bonds is 6. The summed E-state index contributed by atoms with van der Waals surface area (Å²) in [6, 6.07) is 6.09. The first-order valence-corrected chi connectivity index (χ1v) is 7.60. The molecule has 0 saturated heterocycles. The number of benzene rings is 1. The molecule has 1 aliphatic carbocycles. The van der Waals surface area contributed by atoms with Crippen LogP contribution in [0.5, 0.6) is 0 Å². The average Bonchev–Trinajstić information content (AvgIpc) is 3.22. The summed E-state index contributed by atoms with van der Waals surface area (Å²) < 4.78 is 0. The third kappa shape index (κ3) is 3.35. The van der Waals surface area contributed by atoms with Gasteiger partial charge in [-0.25, -0.2) is 0 Å². The molecule has 1 fully saturated rings. The van der Waals surface area contributed by atoms with Gasteiger partial charge >= 0.3 is 0 Å². The molecule has 1 aromatic carbocycles. The van der Waals surface area contributed by atoms with E-state index in [9.17, 15) is 0 Å². The van der Waals surface area contributed by atoms with Gasteiger partial charge in [0, 0.05) is 24.2 Å². The second kappa shape index (κ2) is 6.19. The molecule has 4 nitrogen and oxygen atoms in total. The molecule has 5 heteroatoms. The van der Waals surface area contributed by atoms with E-state index in [-0.39, 0.29) is 5.84 Å². The number of hydrogen-bond donors (Lipinski definition) is 2. The van der Waals surface area contributed by atoms with Crippen molar-refractivity contribution in [2.75, 3.05) is 24.2 Å². The fourth-order valence-electron chi connectivity index (χ4n) is 2.21. The largest absolute Gasteiger partial charge is 0.409 e. The van der Waals surface area contributed by atoms with Crippen molar-refractivity contribution in [1.29, 1.82) is 0 Å². The molecule has 0 heterocycles. The average molecular weight is 279 g/mol. The summed E-state index contributed by atoms with van der Waals surface area (Å²) in [5, 5.41) is 12.2. The van der Waals surface area contributed by atoms with Gasteiger partial charge in [0.2, 0.25) is 0 Å². The lowest BCUT2D eigenvalue weighted by Crippen LogP contribution is -2.25. The van der Waals surface area contributed by atoms with Crippen LogP contribution in [0, 0.1) is 5.92 Å². The third-order valence-electron chi connectivity index (χ3n) is 3.31. The van der Waals surface area contributed by atoms with Gasteiger partial charge in [-0.2, -0.15) is 0 Å². The van der Waals surface area contributed by atoms with E-state index in [1.807, 2.05) is 18.2 Å². The van der Waals surface area contributed by atoms with Crippen LogP contribution in [-0.2, 0) is 0 Å². The Kier molecular flexibility index (Phi) is 4.58. The number of nitrogens with two attached hydrogens (primary N) is 1. The summed E-state index contributed by atoms with van der Waals surface area (Å²) in [7, 11) is 2.07. The van der Waals surface area contributed by atoms with E-state index in [4.69, 9.17) is 10.9 Å². The molecule has 0 aliphatic heterocycles. The second-order valence-corrected chi connectivity index (χ2v) is 6.20. The van der Waals surface area contributed by atoms with Gasteiger partial charge in [0.25, 0.3) is 0 Å². The monoisotopic (exact) mass is 279 g/mol. The van der Waals surface area contributed by atoms with Crippen LogP contribution in [0.15, 0.2) is 28.3 Å². The number of nitrogens with zero attached hydrogens (tertiary/aromatic N) is 2. The lowest BCUT2D eigenvalue weighted by Gasteiger charge is -2.23. The van der Waals surface area contributed by atoms with Gasteiger partial charge in [-0.1, -0.05) is 18.1 Å². The first-order chi connectivity index (χ1) is 9.17. The second-order valence-electron chi connectivity index (χ2n) is 4.89. The maximum atomic E-state index is 9.02. The van der Waals surface area contributed by atoms with Crippen LogP contribution in [0.1, 0.15) is 25.3 Å². The molecule has 0 bridgehead atoms. The summed E-state index contributed by atoms with van der Waals surface area (Å²) in [4.78, 5) is 3.28. The van der Waals surface area contributed by atoms with E-state index >= 15 is 0 Å². The van der Waals surface area contributed by atoms with Crippen molar-refractivity contribution < 1.29 is 5.21 Å². The van der Waals surface area contributed by atoms with Crippen molar-refractivity contribution in [3.05, 3.63) is 23.8 Å². The molecule has 1 aromatic rings. The van der Waals surface area contributed by atoms with Gasteiger partial charge in [0.05, 0.1) is 5.56 Å². The minimum absolute atomic E-state index is 0.189. The molecule has 1 aliphatic rings. The first-order valence-electron chi connectivity index (χ1n) is 6.62. The van der Waals surface area contributed by atoms with Crippen molar-refractivity contribution in [3.8, 4) is 0 Å². The zero-order chi connectivity index (χ0) is 13.8. The van der Waals surface area contributed by atoms with E-state index in [1.54, 1.807) is 11.8 Å². The molecule has 2 rings (SSSR count). The Labute approximate surface area is 118 Å². The summed E-state index contributed by atoms with van der Waals surface area (Å²) in [6.45, 7) is 3.13. The highest BCUT2D eigenvalue weighted by molar-refractivity contribution is 7.99. The highest BCUT2D eigenvalue weighted by Gasteiger charge is 2.25. The van der Waals surface area contributed by atoms with Gasteiger partial charge in [-0.05, 0) is 36.6 Å². The van der Waals surface area contributed by atoms with Crippen LogP contribution in [0.3, 0.4) is 0 Å². The van der Waals surface area contributed by atoms with E-state index in [2.05, 4.69) is 24.0 Å². The van der Waals surface area contributed by atoms with Crippen molar-refractivity contribution in [2.45, 2.75) is 24.7 Å². The van der Waals surface area contributed by atoms with Crippen molar-refractivity contribution in [1.82, 2.24) is 0 Å². The maximum absolute atomic E-state index is 9.02. The molecule has 19 heavy (non-hydrogen) atoms. The molecular formula is C14H21N3OS. The standard InChI is InChI=1S/C14H21N3OS/c1-3-19-12-6-4-5-11(13(12)14(15)16-18)17(2)9-10-7-8-10/h4-6,10,18H,3,7-9H2,1-2H3,(H2,15,16). The molecule has 0 amide bonds. The number of amidine groups is 1. The summed E-state index contributed by atoms with van der Waals surface area (Å²) in [5.74, 6) is 1.95. The minimum atomic E-state index is 0.189. The van der Waals surface area contributed by atoms with Gasteiger partial charge in [-0.3, -0.25) is 0 Å². The maximum Gasteiger partial charge on any atom is 0.173 e. The van der Waals surface area contributed by atoms with E-state index < -0.39 is 0 Å². The van der Waals surface area contributed by atoms with Crippen molar-refractivity contribution in [3.63, 3.8) is 0 Å². The van der Waals surface area contributed by atoms with Crippen LogP contribution >= 0.6 is 11.8 Å². The van der Waals surface area contributed by atoms with Gasteiger partial charge in [0.15, 0.2) is 5.84 Å². The van der Waals surface area contributed by atoms with Crippen LogP contribution in [0.25, 0.3) is 0 Å². The van der Waals surface area contributed by atoms with Crippen LogP contribution in [0.4, 0.5) is 5.69 Å². The topological polar surface area (TPSA) is 61.8 Å². The van der Waals surface area contributed by atoms with Gasteiger partial charge in [-0.15, -0.1) is 11.8 Å². The Hall–Kier alpha value is -1.36. The molecular weight excluding hydrogens is 258 g/mol. The Bertz CT molecular complexity index is 472. The molecule has 1 saturated carbocycles. The molecule has 0 aromatic heterocycles. The predicted molar refractivity (Wildman–Crippen MR) is 81.3 cm³/mol. The first kappa shape index (κ1) is 14.1. The van der Waals surface area contributed by atoms with Crippen LogP contribution < -0.4 is 10.6 Å². The number of thioether (sulfide) groups is 1. The number of hydrogen-bond acceptors (Lipinski definition) is 4. The normalized spacial score (nSPS) is 15.6. The van der Waals surface area contributed by atoms with Crippen LogP contribution in [-0.4, -0.2) is 30.4 Å². The Morgan fingerprint density at radius 3 is 2.84 bits per heavy atom. The molecule has 104 valence electrons. The minimum Gasteiger partial charge on any atom is -0.409 e. The third-order valence-corrected chi connectivity index (χ3v) is 4.25. The summed E-state index contributed by atoms with van der Waals surface area (Å²) in [5.41, 5.74) is 7.76. The summed E-state index contributed by atoms with van der Waals surface area (Å²) >= 11 is 1.71. The van der Waals surface area contributed by atoms with Crippen molar-refractivity contribution >= 4 is 23.3 Å². The smallest absolute Gasteiger partial charge is 0.173 e. The summed E-state index contributed by atoms with van der Waals surface area (Å²) in [6.07, 6.45) is 2.62. The fourth-order valence-corrected chi connectivity index (χ4v) is 3.05. The fraction of sp³-hybridized carbons (Fsp3) is 0.500. The van der Waals surface area contributed by atoms with Gasteiger partial charge in [0.1, 0.15) is 0 Å². The number of oxime groups is 1. The lowest BCUT2D eigenvalue weighted by atomic mass is 10.1. The zero-order valence-electron chi connectivity index (χ0n) is 11.5. The Morgan fingerprint density at radius 1 is 1.53 bits per heavy atom. The molecule has 0 unspecified atom stereocenters. The molecule has 3 N–H and O–H groups in total. The highest BCUT2D eigenvalue weighted by Crippen LogP contribution is 2.34. The van der Waals surface area contributed by atoms with E-state index in [0.29, 0.717) is 0 Å². The Morgan fingerprint density at radius 2 is 2.26 bits per heavy atom. The predicted octanol–water partition coefficient (Wildman–Crippen LogP) is 2.74. The Balaban J connectivity index is 2.36. The SMILES string of the molecule is CCSc1cccc(N(C)CC2CC2)c1/C(N)=N/O. The molecule has 0 spiro atoms. The van der Waals surface area contributed by atoms with Crippen LogP contribution in [0.2, 0.25) is 0 Å². The number of anilines is 1. The quantitative estimate of drug-likeness (QED) is 0.276. The molecule has 0 radical (unpaired) electrons. The molecule has 0 atom stereocenters.